The van der Waals surface area contributed by atoms with Crippen LogP contribution in [0, 0.1) is 0 Å². The Kier molecular flexibility index (Phi) is 24.5. The molecule has 56 heavy (non-hydrogen) atoms. The summed E-state index contributed by atoms with van der Waals surface area (Å²) in [7, 11) is 0. The quantitative estimate of drug-likeness (QED) is 0.111. The lowest BCUT2D eigenvalue weighted by Gasteiger charge is -2.22. The molecule has 0 spiro atoms. The third-order valence-electron chi connectivity index (χ3n) is 4.85. The molecule has 1 aromatic rings. The number of ether oxygens (including phenoxy) is 4. The molecule has 9 N–H and O–H groups in total. The zero-order valence-electron chi connectivity index (χ0n) is 33.5. The van der Waals surface area contributed by atoms with Crippen LogP contribution >= 0.6 is 0 Å². The minimum absolute atomic E-state index is 0. The molecule has 0 radical (unpaired) electrons. The SMILES string of the molecule is C.CC(C)(C)OC(=O)N=C(NC(=O)OC(C)(C)C)n1cccn1.CC(C)(C)OC(=O)NC(=NCC[C@H](O)C(=O)O)NC(=O)OC(C)(C)C.NCC[C@H](O)C(=O)O. The highest BCUT2D eigenvalue weighted by molar-refractivity contribution is 6.01. The van der Waals surface area contributed by atoms with E-state index in [4.69, 9.17) is 40.0 Å². The van der Waals surface area contributed by atoms with Gasteiger partial charge in [-0.15, -0.1) is 4.99 Å². The minimum Gasteiger partial charge on any atom is -0.479 e. The van der Waals surface area contributed by atoms with Crippen LogP contribution < -0.4 is 21.7 Å². The van der Waals surface area contributed by atoms with Gasteiger partial charge < -0.3 is 45.1 Å². The molecular weight excluding hydrogens is 744 g/mol. The summed E-state index contributed by atoms with van der Waals surface area (Å²) in [5.41, 5.74) is 2.05. The van der Waals surface area contributed by atoms with Crippen LogP contribution in [0.3, 0.4) is 0 Å². The van der Waals surface area contributed by atoms with Gasteiger partial charge in [0, 0.05) is 25.4 Å². The number of aromatic nitrogens is 2. The number of aliphatic hydroxyl groups is 2. The van der Waals surface area contributed by atoms with Crippen molar-refractivity contribution in [1.29, 1.82) is 0 Å². The number of hydrogen-bond acceptors (Lipinski definition) is 15. The highest BCUT2D eigenvalue weighted by Gasteiger charge is 2.23. The number of nitrogens with zero attached hydrogens (tertiary/aromatic N) is 4. The van der Waals surface area contributed by atoms with E-state index in [1.54, 1.807) is 89.2 Å². The highest BCUT2D eigenvalue weighted by atomic mass is 16.6. The third kappa shape index (κ3) is 32.1. The predicted molar refractivity (Wildman–Crippen MR) is 204 cm³/mol. The summed E-state index contributed by atoms with van der Waals surface area (Å²) in [6, 6.07) is 1.63. The van der Waals surface area contributed by atoms with Crippen molar-refractivity contribution in [1.82, 2.24) is 25.7 Å². The van der Waals surface area contributed by atoms with Gasteiger partial charge in [-0.1, -0.05) is 7.43 Å². The van der Waals surface area contributed by atoms with E-state index in [-0.39, 0.29) is 45.3 Å². The van der Waals surface area contributed by atoms with Crippen molar-refractivity contribution in [2.75, 3.05) is 13.1 Å². The van der Waals surface area contributed by atoms with E-state index in [1.807, 2.05) is 0 Å². The molecule has 0 aliphatic carbocycles. The third-order valence-corrected chi connectivity index (χ3v) is 4.85. The molecule has 0 fully saturated rings. The largest absolute Gasteiger partial charge is 0.479 e. The Labute approximate surface area is 327 Å². The number of aliphatic carboxylic acids is 2. The summed E-state index contributed by atoms with van der Waals surface area (Å²) in [6.45, 7) is 20.3. The van der Waals surface area contributed by atoms with Crippen molar-refractivity contribution < 1.29 is 68.1 Å². The van der Waals surface area contributed by atoms with Gasteiger partial charge in [0.15, 0.2) is 12.2 Å². The lowest BCUT2D eigenvalue weighted by Crippen LogP contribution is -2.47. The van der Waals surface area contributed by atoms with Crippen molar-refractivity contribution >= 4 is 48.2 Å². The van der Waals surface area contributed by atoms with E-state index in [1.165, 1.54) is 17.1 Å². The number of carboxylic acids is 2. The van der Waals surface area contributed by atoms with Crippen LogP contribution in [0.1, 0.15) is 103 Å². The van der Waals surface area contributed by atoms with E-state index in [2.05, 4.69) is 31.0 Å². The number of rotatable bonds is 7. The number of carboxylic acid groups (broad SMARTS) is 2. The van der Waals surface area contributed by atoms with Crippen LogP contribution in [-0.4, -0.2) is 126 Å². The highest BCUT2D eigenvalue weighted by Crippen LogP contribution is 2.10. The number of alkyl carbamates (subject to hydrolysis) is 3. The summed E-state index contributed by atoms with van der Waals surface area (Å²) in [6.07, 6.45) is -3.27. The molecule has 0 bridgehead atoms. The maximum absolute atomic E-state index is 11.8. The maximum Gasteiger partial charge on any atom is 0.437 e. The van der Waals surface area contributed by atoms with Crippen LogP contribution in [0.5, 0.6) is 0 Å². The molecule has 0 saturated carbocycles. The van der Waals surface area contributed by atoms with Crippen LogP contribution in [0.4, 0.5) is 19.2 Å². The Balaban J connectivity index is -0.000000831. The second kappa shape index (κ2) is 24.9. The van der Waals surface area contributed by atoms with Crippen LogP contribution in [0.25, 0.3) is 0 Å². The fourth-order valence-electron chi connectivity index (χ4n) is 2.91. The maximum atomic E-state index is 11.8. The van der Waals surface area contributed by atoms with Gasteiger partial charge in [0.25, 0.3) is 0 Å². The van der Waals surface area contributed by atoms with E-state index in [9.17, 15) is 33.9 Å². The second-order valence-electron chi connectivity index (χ2n) is 15.1. The Bertz CT molecular complexity index is 1420. The molecule has 0 aromatic carbocycles. The standard InChI is InChI=1S/C15H27N3O7.C14H22N4O4.C4H9NO3.CH4/c1-14(2,3)24-12(22)17-11(16-8-7-9(19)10(20)21)18-13(23)25-15(4,5)6;1-13(2,3)21-11(19)16-10(18-9-7-8-15-18)17-12(20)22-14(4,5)6;5-2-1-3(6)4(7)8;/h9,19H,7-8H2,1-6H3,(H,20,21)(H2,16,17,18,22,23);7-9H,1-6H3,(H,16,17,19,20);3,6H,1-2,5H2,(H,7,8);1H4/t9-;;3-;/m0.0./s1. The van der Waals surface area contributed by atoms with Gasteiger partial charge in [-0.3, -0.25) is 20.9 Å². The zero-order valence-corrected chi connectivity index (χ0v) is 33.5. The van der Waals surface area contributed by atoms with Gasteiger partial charge in [-0.05, 0) is 102 Å². The van der Waals surface area contributed by atoms with E-state index in [0.29, 0.717) is 0 Å². The number of guanidine groups is 1. The van der Waals surface area contributed by atoms with E-state index >= 15 is 0 Å². The number of nitrogens with two attached hydrogens (primary N) is 1. The van der Waals surface area contributed by atoms with Crippen LogP contribution in [0.15, 0.2) is 28.4 Å². The number of carbonyl (C=O) groups is 6. The molecule has 0 aliphatic rings. The lowest BCUT2D eigenvalue weighted by molar-refractivity contribution is -0.147. The van der Waals surface area contributed by atoms with E-state index in [0.717, 1.165) is 0 Å². The smallest absolute Gasteiger partial charge is 0.437 e. The fourth-order valence-corrected chi connectivity index (χ4v) is 2.91. The number of hydrogen-bond donors (Lipinski definition) is 8. The summed E-state index contributed by atoms with van der Waals surface area (Å²) >= 11 is 0. The molecule has 1 aromatic heterocycles. The molecular formula is C34H62N8O14. The molecule has 4 amide bonds. The summed E-state index contributed by atoms with van der Waals surface area (Å²) in [4.78, 5) is 75.1. The van der Waals surface area contributed by atoms with Crippen molar-refractivity contribution in [3.05, 3.63) is 18.5 Å². The van der Waals surface area contributed by atoms with Crippen molar-refractivity contribution in [3.8, 4) is 0 Å². The molecule has 0 unspecified atom stereocenters. The normalized spacial score (nSPS) is 12.5. The summed E-state index contributed by atoms with van der Waals surface area (Å²) in [5.74, 6) is -2.98. The van der Waals surface area contributed by atoms with E-state index < -0.39 is 70.9 Å². The average Bonchev–Trinajstić information content (AvgIpc) is 3.48. The Morgan fingerprint density at radius 1 is 0.696 bits per heavy atom. The first kappa shape index (κ1) is 55.0. The second-order valence-corrected chi connectivity index (χ2v) is 15.1. The topological polar surface area (TPSA) is 325 Å². The van der Waals surface area contributed by atoms with Gasteiger partial charge >= 0.3 is 36.3 Å². The number of aliphatic hydroxyl groups excluding tert-OH is 2. The molecule has 22 nitrogen and oxygen atoms in total. The molecule has 1 rings (SSSR count). The van der Waals surface area contributed by atoms with Gasteiger partial charge in [0.1, 0.15) is 22.4 Å². The van der Waals surface area contributed by atoms with Crippen molar-refractivity contribution in [2.24, 2.45) is 15.7 Å². The van der Waals surface area contributed by atoms with Crippen molar-refractivity contribution in [2.45, 2.75) is 138 Å². The number of nitrogens with one attached hydrogen (secondary N) is 3. The summed E-state index contributed by atoms with van der Waals surface area (Å²) in [5, 5.41) is 45.1. The average molecular weight is 807 g/mol. The molecule has 0 aliphatic heterocycles. The molecule has 22 heteroatoms. The first-order valence-corrected chi connectivity index (χ1v) is 16.7. The molecule has 322 valence electrons. The number of amides is 4. The molecule has 1 heterocycles. The van der Waals surface area contributed by atoms with Crippen molar-refractivity contribution in [3.63, 3.8) is 0 Å². The van der Waals surface area contributed by atoms with Gasteiger partial charge in [-0.25, -0.2) is 33.4 Å². The van der Waals surface area contributed by atoms with Crippen LogP contribution in [-0.2, 0) is 28.5 Å². The Morgan fingerprint density at radius 3 is 1.41 bits per heavy atom. The number of carbonyl (C=O) groups excluding carboxylic acids is 4. The Morgan fingerprint density at radius 2 is 1.09 bits per heavy atom. The monoisotopic (exact) mass is 806 g/mol. The lowest BCUT2D eigenvalue weighted by atomic mass is 10.2. The number of aliphatic imine (C=N–C) groups is 2. The molecule has 0 saturated heterocycles. The van der Waals surface area contributed by atoms with Gasteiger partial charge in [-0.2, -0.15) is 5.10 Å². The zero-order chi connectivity index (χ0) is 43.4. The summed E-state index contributed by atoms with van der Waals surface area (Å²) < 4.78 is 21.5. The van der Waals surface area contributed by atoms with Gasteiger partial charge in [0.05, 0.1) is 0 Å². The minimum atomic E-state index is -1.60. The Hall–Kier alpha value is -5.35. The first-order chi connectivity index (χ1) is 24.8. The molecule has 2 atom stereocenters. The van der Waals surface area contributed by atoms with Gasteiger partial charge in [0.2, 0.25) is 11.9 Å². The first-order valence-electron chi connectivity index (χ1n) is 16.7. The van der Waals surface area contributed by atoms with Crippen LogP contribution in [0.2, 0.25) is 0 Å². The fraction of sp³-hybridized carbons (Fsp3) is 0.676. The predicted octanol–water partition coefficient (Wildman–Crippen LogP) is 3.19.